The SMILES string of the molecule is Cc1ccc2c(c1)CCCN2CCC(C)(C)O. The molecule has 0 radical (unpaired) electrons. The summed E-state index contributed by atoms with van der Waals surface area (Å²) in [7, 11) is 0. The third kappa shape index (κ3) is 3.22. The summed E-state index contributed by atoms with van der Waals surface area (Å²) in [5, 5.41) is 9.81. The van der Waals surface area contributed by atoms with Crippen molar-refractivity contribution in [2.24, 2.45) is 0 Å². The smallest absolute Gasteiger partial charge is 0.0608 e. The van der Waals surface area contributed by atoms with E-state index >= 15 is 0 Å². The zero-order valence-corrected chi connectivity index (χ0v) is 11.2. The van der Waals surface area contributed by atoms with Crippen LogP contribution >= 0.6 is 0 Å². The molecule has 1 aliphatic rings. The van der Waals surface area contributed by atoms with Crippen LogP contribution in [-0.4, -0.2) is 23.8 Å². The molecule has 0 spiro atoms. The Labute approximate surface area is 104 Å². The molecule has 1 N–H and O–H groups in total. The van der Waals surface area contributed by atoms with Gasteiger partial charge in [-0.3, -0.25) is 0 Å². The molecule has 17 heavy (non-hydrogen) atoms. The van der Waals surface area contributed by atoms with E-state index in [1.165, 1.54) is 29.7 Å². The summed E-state index contributed by atoms with van der Waals surface area (Å²) in [6, 6.07) is 6.71. The van der Waals surface area contributed by atoms with Crippen LogP contribution in [0, 0.1) is 6.92 Å². The van der Waals surface area contributed by atoms with Crippen molar-refractivity contribution in [3.05, 3.63) is 29.3 Å². The summed E-state index contributed by atoms with van der Waals surface area (Å²) in [6.45, 7) is 7.97. The van der Waals surface area contributed by atoms with Crippen molar-refractivity contribution >= 4 is 5.69 Å². The summed E-state index contributed by atoms with van der Waals surface area (Å²) >= 11 is 0. The lowest BCUT2D eigenvalue weighted by Crippen LogP contribution is -2.34. The van der Waals surface area contributed by atoms with E-state index in [0.29, 0.717) is 0 Å². The molecule has 1 heterocycles. The molecule has 1 aliphatic heterocycles. The maximum Gasteiger partial charge on any atom is 0.0608 e. The van der Waals surface area contributed by atoms with Crippen molar-refractivity contribution in [2.45, 2.75) is 45.6 Å². The van der Waals surface area contributed by atoms with E-state index < -0.39 is 5.60 Å². The second kappa shape index (κ2) is 4.69. The van der Waals surface area contributed by atoms with E-state index in [2.05, 4.69) is 30.0 Å². The monoisotopic (exact) mass is 233 g/mol. The summed E-state index contributed by atoms with van der Waals surface area (Å²) in [4.78, 5) is 2.41. The molecule has 0 saturated carbocycles. The van der Waals surface area contributed by atoms with E-state index in [4.69, 9.17) is 0 Å². The molecule has 0 atom stereocenters. The molecule has 2 rings (SSSR count). The number of hydrogen-bond donors (Lipinski definition) is 1. The van der Waals surface area contributed by atoms with E-state index in [0.717, 1.165) is 19.5 Å². The largest absolute Gasteiger partial charge is 0.390 e. The van der Waals surface area contributed by atoms with Crippen LogP contribution in [-0.2, 0) is 6.42 Å². The van der Waals surface area contributed by atoms with Crippen LogP contribution < -0.4 is 4.90 Å². The number of anilines is 1. The molecule has 1 aromatic rings. The van der Waals surface area contributed by atoms with E-state index in [1.54, 1.807) is 0 Å². The molecule has 2 nitrogen and oxygen atoms in total. The average Bonchev–Trinajstić information content (AvgIpc) is 2.24. The molecule has 0 aliphatic carbocycles. The number of benzene rings is 1. The van der Waals surface area contributed by atoms with Gasteiger partial charge in [0.25, 0.3) is 0 Å². The fourth-order valence-electron chi connectivity index (χ4n) is 2.44. The van der Waals surface area contributed by atoms with Crippen LogP contribution in [0.2, 0.25) is 0 Å². The highest BCUT2D eigenvalue weighted by Gasteiger charge is 2.19. The van der Waals surface area contributed by atoms with Gasteiger partial charge in [0.05, 0.1) is 5.60 Å². The van der Waals surface area contributed by atoms with Gasteiger partial charge in [-0.05, 0) is 51.7 Å². The van der Waals surface area contributed by atoms with E-state index in [1.807, 2.05) is 13.8 Å². The predicted octanol–water partition coefficient (Wildman–Crippen LogP) is 2.91. The Morgan fingerprint density at radius 1 is 1.35 bits per heavy atom. The molecule has 0 aromatic heterocycles. The molecule has 0 unspecified atom stereocenters. The molecule has 2 heteroatoms. The third-order valence-electron chi connectivity index (χ3n) is 3.44. The Kier molecular flexibility index (Phi) is 3.43. The van der Waals surface area contributed by atoms with Gasteiger partial charge in [-0.15, -0.1) is 0 Å². The Balaban J connectivity index is 2.12. The lowest BCUT2D eigenvalue weighted by atomic mass is 9.98. The highest BCUT2D eigenvalue weighted by Crippen LogP contribution is 2.28. The van der Waals surface area contributed by atoms with Gasteiger partial charge in [0.15, 0.2) is 0 Å². The number of fused-ring (bicyclic) bond motifs is 1. The lowest BCUT2D eigenvalue weighted by Gasteiger charge is -2.33. The lowest BCUT2D eigenvalue weighted by molar-refractivity contribution is 0.0730. The van der Waals surface area contributed by atoms with Crippen LogP contribution in [0.3, 0.4) is 0 Å². The topological polar surface area (TPSA) is 23.5 Å². The Bertz CT molecular complexity index is 392. The Morgan fingerprint density at radius 2 is 2.12 bits per heavy atom. The molecular formula is C15H23NO. The minimum Gasteiger partial charge on any atom is -0.390 e. The Morgan fingerprint density at radius 3 is 2.82 bits per heavy atom. The van der Waals surface area contributed by atoms with Gasteiger partial charge < -0.3 is 10.0 Å². The third-order valence-corrected chi connectivity index (χ3v) is 3.44. The highest BCUT2D eigenvalue weighted by atomic mass is 16.3. The second-order valence-corrected chi connectivity index (χ2v) is 5.79. The van der Waals surface area contributed by atoms with Crippen LogP contribution in [0.15, 0.2) is 18.2 Å². The molecule has 0 bridgehead atoms. The maximum atomic E-state index is 9.81. The maximum absolute atomic E-state index is 9.81. The first kappa shape index (κ1) is 12.4. The van der Waals surface area contributed by atoms with Crippen LogP contribution in [0.25, 0.3) is 0 Å². The summed E-state index contributed by atoms with van der Waals surface area (Å²) in [5.41, 5.74) is 3.61. The fraction of sp³-hybridized carbons (Fsp3) is 0.600. The zero-order valence-electron chi connectivity index (χ0n) is 11.2. The molecule has 94 valence electrons. The molecule has 0 saturated heterocycles. The van der Waals surface area contributed by atoms with Crippen molar-refractivity contribution in [3.63, 3.8) is 0 Å². The van der Waals surface area contributed by atoms with Crippen molar-refractivity contribution in [2.75, 3.05) is 18.0 Å². The minimum absolute atomic E-state index is 0.567. The first-order valence-corrected chi connectivity index (χ1v) is 6.52. The molecule has 1 aromatic carbocycles. The van der Waals surface area contributed by atoms with Gasteiger partial charge in [0, 0.05) is 18.8 Å². The summed E-state index contributed by atoms with van der Waals surface area (Å²) < 4.78 is 0. The van der Waals surface area contributed by atoms with Crippen molar-refractivity contribution in [3.8, 4) is 0 Å². The number of aliphatic hydroxyl groups is 1. The van der Waals surface area contributed by atoms with Crippen LogP contribution in [0.1, 0.15) is 37.8 Å². The van der Waals surface area contributed by atoms with Gasteiger partial charge in [-0.2, -0.15) is 0 Å². The zero-order chi connectivity index (χ0) is 12.5. The van der Waals surface area contributed by atoms with Crippen LogP contribution in [0.5, 0.6) is 0 Å². The predicted molar refractivity (Wildman–Crippen MR) is 72.6 cm³/mol. The van der Waals surface area contributed by atoms with E-state index in [-0.39, 0.29) is 0 Å². The highest BCUT2D eigenvalue weighted by molar-refractivity contribution is 5.56. The minimum atomic E-state index is -0.567. The normalized spacial score (nSPS) is 15.9. The molecule has 0 amide bonds. The summed E-state index contributed by atoms with van der Waals surface area (Å²) in [6.07, 6.45) is 3.23. The number of nitrogens with zero attached hydrogens (tertiary/aromatic N) is 1. The standard InChI is InChI=1S/C15H23NO/c1-12-6-7-14-13(11-12)5-4-9-16(14)10-8-15(2,3)17/h6-7,11,17H,4-5,8-10H2,1-3H3. The quantitative estimate of drug-likeness (QED) is 0.867. The number of rotatable bonds is 3. The van der Waals surface area contributed by atoms with Gasteiger partial charge in [-0.25, -0.2) is 0 Å². The van der Waals surface area contributed by atoms with E-state index in [9.17, 15) is 5.11 Å². The molecular weight excluding hydrogens is 210 g/mol. The first-order chi connectivity index (χ1) is 7.96. The first-order valence-electron chi connectivity index (χ1n) is 6.52. The van der Waals surface area contributed by atoms with Gasteiger partial charge in [-0.1, -0.05) is 17.7 Å². The second-order valence-electron chi connectivity index (χ2n) is 5.79. The van der Waals surface area contributed by atoms with Gasteiger partial charge in [0.1, 0.15) is 0 Å². The van der Waals surface area contributed by atoms with Crippen molar-refractivity contribution < 1.29 is 5.11 Å². The summed E-state index contributed by atoms with van der Waals surface area (Å²) in [5.74, 6) is 0. The number of aryl methyl sites for hydroxylation is 2. The number of hydrogen-bond acceptors (Lipinski definition) is 2. The fourth-order valence-corrected chi connectivity index (χ4v) is 2.44. The molecule has 0 fully saturated rings. The van der Waals surface area contributed by atoms with Crippen molar-refractivity contribution in [1.82, 2.24) is 0 Å². The van der Waals surface area contributed by atoms with Gasteiger partial charge >= 0.3 is 0 Å². The Hall–Kier alpha value is -1.02. The van der Waals surface area contributed by atoms with Gasteiger partial charge in [0.2, 0.25) is 0 Å². The van der Waals surface area contributed by atoms with Crippen LogP contribution in [0.4, 0.5) is 5.69 Å². The van der Waals surface area contributed by atoms with Crippen molar-refractivity contribution in [1.29, 1.82) is 0 Å². The average molecular weight is 233 g/mol.